The molecule has 1 aromatic rings. The van der Waals surface area contributed by atoms with Crippen molar-refractivity contribution >= 4 is 10.0 Å². The summed E-state index contributed by atoms with van der Waals surface area (Å²) >= 11 is 0. The molecular formula is C18H28N2O3S. The predicted molar refractivity (Wildman–Crippen MR) is 95.4 cm³/mol. The van der Waals surface area contributed by atoms with E-state index in [0.29, 0.717) is 19.0 Å². The van der Waals surface area contributed by atoms with E-state index in [-0.39, 0.29) is 5.75 Å². The van der Waals surface area contributed by atoms with Gasteiger partial charge in [-0.05, 0) is 31.2 Å². The zero-order valence-electron chi connectivity index (χ0n) is 14.5. The summed E-state index contributed by atoms with van der Waals surface area (Å²) in [6.45, 7) is 8.06. The number of hydrogen-bond donors (Lipinski definition) is 0. The smallest absolute Gasteiger partial charge is 0.218 e. The number of sulfonamides is 1. The number of hydrogen-bond acceptors (Lipinski definition) is 4. The molecule has 5 nitrogen and oxygen atoms in total. The van der Waals surface area contributed by atoms with Crippen molar-refractivity contribution in [2.45, 2.75) is 25.5 Å². The second kappa shape index (κ2) is 7.95. The topological polar surface area (TPSA) is 49.9 Å². The number of benzene rings is 1. The van der Waals surface area contributed by atoms with E-state index in [0.717, 1.165) is 56.8 Å². The Hall–Kier alpha value is -0.950. The first-order chi connectivity index (χ1) is 11.5. The van der Waals surface area contributed by atoms with E-state index in [4.69, 9.17) is 4.74 Å². The molecule has 134 valence electrons. The molecule has 2 fully saturated rings. The van der Waals surface area contributed by atoms with Gasteiger partial charge in [-0.25, -0.2) is 12.7 Å². The van der Waals surface area contributed by atoms with E-state index in [9.17, 15) is 8.42 Å². The molecule has 0 spiro atoms. The average molecular weight is 353 g/mol. The Morgan fingerprint density at radius 3 is 2.29 bits per heavy atom. The SMILES string of the molecule is Cc1ccc(CS(=O)(=O)N2CCC(CN3CCOCC3)CC2)cc1. The van der Waals surface area contributed by atoms with Gasteiger partial charge in [0.1, 0.15) is 0 Å². The lowest BCUT2D eigenvalue weighted by molar-refractivity contribution is 0.0269. The van der Waals surface area contributed by atoms with Gasteiger partial charge in [0.15, 0.2) is 0 Å². The van der Waals surface area contributed by atoms with Crippen LogP contribution in [0, 0.1) is 12.8 Å². The van der Waals surface area contributed by atoms with Crippen LogP contribution in [0.3, 0.4) is 0 Å². The summed E-state index contributed by atoms with van der Waals surface area (Å²) < 4.78 is 32.3. The molecule has 2 aliphatic heterocycles. The number of ether oxygens (including phenoxy) is 1. The minimum Gasteiger partial charge on any atom is -0.379 e. The van der Waals surface area contributed by atoms with Crippen molar-refractivity contribution in [1.29, 1.82) is 0 Å². The maximum Gasteiger partial charge on any atom is 0.218 e. The Kier molecular flexibility index (Phi) is 5.92. The maximum absolute atomic E-state index is 12.6. The van der Waals surface area contributed by atoms with Crippen LogP contribution in [0.1, 0.15) is 24.0 Å². The lowest BCUT2D eigenvalue weighted by Gasteiger charge is -2.35. The quantitative estimate of drug-likeness (QED) is 0.812. The highest BCUT2D eigenvalue weighted by Gasteiger charge is 2.29. The Morgan fingerprint density at radius 2 is 1.67 bits per heavy atom. The molecule has 0 aromatic heterocycles. The maximum atomic E-state index is 12.6. The second-order valence-corrected chi connectivity index (χ2v) is 8.97. The fourth-order valence-corrected chi connectivity index (χ4v) is 5.07. The molecule has 0 unspecified atom stereocenters. The van der Waals surface area contributed by atoms with Crippen molar-refractivity contribution in [2.75, 3.05) is 45.9 Å². The van der Waals surface area contributed by atoms with Gasteiger partial charge in [0.2, 0.25) is 10.0 Å². The van der Waals surface area contributed by atoms with Gasteiger partial charge in [-0.1, -0.05) is 29.8 Å². The third kappa shape index (κ3) is 4.79. The van der Waals surface area contributed by atoms with Crippen LogP contribution in [0.2, 0.25) is 0 Å². The molecule has 2 saturated heterocycles. The molecule has 0 saturated carbocycles. The number of morpholine rings is 1. The molecule has 3 rings (SSSR count). The van der Waals surface area contributed by atoms with Gasteiger partial charge < -0.3 is 4.74 Å². The van der Waals surface area contributed by atoms with E-state index in [1.54, 1.807) is 4.31 Å². The summed E-state index contributed by atoms with van der Waals surface area (Å²) in [5.41, 5.74) is 2.02. The summed E-state index contributed by atoms with van der Waals surface area (Å²) in [6, 6.07) is 7.77. The molecule has 0 amide bonds. The molecule has 0 atom stereocenters. The van der Waals surface area contributed by atoms with Crippen molar-refractivity contribution in [1.82, 2.24) is 9.21 Å². The molecule has 0 bridgehead atoms. The van der Waals surface area contributed by atoms with Crippen LogP contribution < -0.4 is 0 Å². The first-order valence-corrected chi connectivity index (χ1v) is 10.5. The third-order valence-electron chi connectivity index (χ3n) is 5.06. The molecule has 6 heteroatoms. The first kappa shape index (κ1) is 17.9. The highest BCUT2D eigenvalue weighted by Crippen LogP contribution is 2.23. The van der Waals surface area contributed by atoms with Crippen LogP contribution >= 0.6 is 0 Å². The van der Waals surface area contributed by atoms with Gasteiger partial charge in [-0.15, -0.1) is 0 Å². The lowest BCUT2D eigenvalue weighted by Crippen LogP contribution is -2.44. The standard InChI is InChI=1S/C18H28N2O3S/c1-16-2-4-18(5-3-16)15-24(21,22)20-8-6-17(7-9-20)14-19-10-12-23-13-11-19/h2-5,17H,6-15H2,1H3. The zero-order chi connectivity index (χ0) is 17.0. The van der Waals surface area contributed by atoms with Crippen LogP contribution in [-0.4, -0.2) is 63.6 Å². The second-order valence-electron chi connectivity index (χ2n) is 7.00. The van der Waals surface area contributed by atoms with Gasteiger partial charge in [0.05, 0.1) is 19.0 Å². The molecule has 2 heterocycles. The Bertz CT molecular complexity index is 616. The number of rotatable bonds is 5. The van der Waals surface area contributed by atoms with Crippen molar-refractivity contribution in [2.24, 2.45) is 5.92 Å². The van der Waals surface area contributed by atoms with Gasteiger partial charge in [0.25, 0.3) is 0 Å². The largest absolute Gasteiger partial charge is 0.379 e. The van der Waals surface area contributed by atoms with Gasteiger partial charge in [0, 0.05) is 32.7 Å². The third-order valence-corrected chi connectivity index (χ3v) is 6.91. The van der Waals surface area contributed by atoms with Gasteiger partial charge in [-0.3, -0.25) is 4.90 Å². The number of piperidine rings is 1. The van der Waals surface area contributed by atoms with E-state index in [1.165, 1.54) is 0 Å². The van der Waals surface area contributed by atoms with Gasteiger partial charge in [-0.2, -0.15) is 0 Å². The molecule has 24 heavy (non-hydrogen) atoms. The fourth-order valence-electron chi connectivity index (χ4n) is 3.51. The summed E-state index contributed by atoms with van der Waals surface area (Å²) in [5.74, 6) is 0.718. The van der Waals surface area contributed by atoms with Crippen molar-refractivity contribution in [3.05, 3.63) is 35.4 Å². The molecule has 2 aliphatic rings. The minimum atomic E-state index is -3.21. The van der Waals surface area contributed by atoms with Gasteiger partial charge >= 0.3 is 0 Å². The summed E-state index contributed by atoms with van der Waals surface area (Å²) in [4.78, 5) is 2.45. The number of nitrogens with zero attached hydrogens (tertiary/aromatic N) is 2. The van der Waals surface area contributed by atoms with E-state index in [1.807, 2.05) is 31.2 Å². The predicted octanol–water partition coefficient (Wildman–Crippen LogP) is 1.87. The van der Waals surface area contributed by atoms with Crippen molar-refractivity contribution in [3.8, 4) is 0 Å². The Balaban J connectivity index is 1.50. The summed E-state index contributed by atoms with van der Waals surface area (Å²) in [7, 11) is -3.21. The summed E-state index contributed by atoms with van der Waals surface area (Å²) in [6.07, 6.45) is 1.93. The van der Waals surface area contributed by atoms with Crippen LogP contribution in [0.25, 0.3) is 0 Å². The molecule has 1 aromatic carbocycles. The van der Waals surface area contributed by atoms with E-state index in [2.05, 4.69) is 4.90 Å². The van der Waals surface area contributed by atoms with Crippen LogP contribution in [-0.2, 0) is 20.5 Å². The van der Waals surface area contributed by atoms with Crippen molar-refractivity contribution in [3.63, 3.8) is 0 Å². The molecular weight excluding hydrogens is 324 g/mol. The highest BCUT2D eigenvalue weighted by atomic mass is 32.2. The monoisotopic (exact) mass is 352 g/mol. The average Bonchev–Trinajstić information content (AvgIpc) is 2.58. The van der Waals surface area contributed by atoms with E-state index < -0.39 is 10.0 Å². The molecule has 0 N–H and O–H groups in total. The summed E-state index contributed by atoms with van der Waals surface area (Å²) in [5, 5.41) is 0. The normalized spacial score (nSPS) is 21.9. The lowest BCUT2D eigenvalue weighted by atomic mass is 9.97. The molecule has 0 aliphatic carbocycles. The fraction of sp³-hybridized carbons (Fsp3) is 0.667. The minimum absolute atomic E-state index is 0.113. The molecule has 0 radical (unpaired) electrons. The Morgan fingerprint density at radius 1 is 1.04 bits per heavy atom. The number of aryl methyl sites for hydroxylation is 1. The Labute approximate surface area is 145 Å². The van der Waals surface area contributed by atoms with E-state index >= 15 is 0 Å². The van der Waals surface area contributed by atoms with Crippen LogP contribution in [0.4, 0.5) is 0 Å². The highest BCUT2D eigenvalue weighted by molar-refractivity contribution is 7.88. The van der Waals surface area contributed by atoms with Crippen LogP contribution in [0.5, 0.6) is 0 Å². The van der Waals surface area contributed by atoms with Crippen LogP contribution in [0.15, 0.2) is 24.3 Å². The van der Waals surface area contributed by atoms with Crippen molar-refractivity contribution < 1.29 is 13.2 Å². The zero-order valence-corrected chi connectivity index (χ0v) is 15.3. The first-order valence-electron chi connectivity index (χ1n) is 8.86.